The highest BCUT2D eigenvalue weighted by Crippen LogP contribution is 2.28. The minimum Gasteiger partial charge on any atom is -0.310 e. The Bertz CT molecular complexity index is 634. The average molecular weight is 438 g/mol. The minimum atomic E-state index is -0.237. The molecule has 1 nitrogen and oxygen atoms in total. The smallest absolute Gasteiger partial charge is 0.126 e. The van der Waals surface area contributed by atoms with Crippen LogP contribution >= 0.6 is 45.8 Å². The van der Waals surface area contributed by atoms with Crippen LogP contribution in [0.1, 0.15) is 24.1 Å². The average Bonchev–Trinajstić information content (AvgIpc) is 2.45. The van der Waals surface area contributed by atoms with Gasteiger partial charge < -0.3 is 5.32 Å². The molecule has 0 spiro atoms. The summed E-state index contributed by atoms with van der Waals surface area (Å²) in [5.74, 6) is -0.237. The zero-order valence-electron chi connectivity index (χ0n) is 11.5. The molecule has 2 rings (SSSR count). The highest BCUT2D eigenvalue weighted by molar-refractivity contribution is 14.1. The fourth-order valence-electron chi connectivity index (χ4n) is 2.24. The van der Waals surface area contributed by atoms with Gasteiger partial charge in [0.2, 0.25) is 0 Å². The van der Waals surface area contributed by atoms with Crippen LogP contribution in [0.25, 0.3) is 0 Å². The first-order chi connectivity index (χ1) is 10.0. The summed E-state index contributed by atoms with van der Waals surface area (Å²) in [6.07, 6.45) is 0.524. The van der Waals surface area contributed by atoms with Crippen molar-refractivity contribution in [3.05, 3.63) is 67.0 Å². The van der Waals surface area contributed by atoms with E-state index in [1.807, 2.05) is 25.1 Å². The van der Waals surface area contributed by atoms with Crippen LogP contribution < -0.4 is 5.32 Å². The Labute approximate surface area is 148 Å². The molecule has 0 amide bonds. The molecule has 1 atom stereocenters. The zero-order valence-corrected chi connectivity index (χ0v) is 15.1. The number of rotatable bonds is 5. The van der Waals surface area contributed by atoms with E-state index in [4.69, 9.17) is 23.2 Å². The number of hydrogen-bond acceptors (Lipinski definition) is 1. The van der Waals surface area contributed by atoms with Gasteiger partial charge in [-0.25, -0.2) is 4.39 Å². The molecule has 0 aromatic heterocycles. The molecule has 0 bridgehead atoms. The molecule has 0 radical (unpaired) electrons. The second-order valence-corrected chi connectivity index (χ2v) is 6.75. The second kappa shape index (κ2) is 7.77. The van der Waals surface area contributed by atoms with Crippen molar-refractivity contribution < 1.29 is 4.39 Å². The summed E-state index contributed by atoms with van der Waals surface area (Å²) in [6.45, 7) is 2.81. The molecule has 2 aromatic carbocycles. The van der Waals surface area contributed by atoms with Crippen LogP contribution in [0, 0.1) is 9.39 Å². The van der Waals surface area contributed by atoms with E-state index in [2.05, 4.69) is 27.9 Å². The van der Waals surface area contributed by atoms with Gasteiger partial charge in [-0.3, -0.25) is 0 Å². The van der Waals surface area contributed by atoms with Gasteiger partial charge in [0.25, 0.3) is 0 Å². The van der Waals surface area contributed by atoms with E-state index >= 15 is 0 Å². The maximum atomic E-state index is 14.0. The lowest BCUT2D eigenvalue weighted by Crippen LogP contribution is -2.24. The largest absolute Gasteiger partial charge is 0.310 e. The van der Waals surface area contributed by atoms with Gasteiger partial charge in [-0.15, -0.1) is 0 Å². The molecule has 0 aliphatic carbocycles. The lowest BCUT2D eigenvalue weighted by Gasteiger charge is -2.20. The quantitative estimate of drug-likeness (QED) is 0.597. The fourth-order valence-corrected chi connectivity index (χ4v) is 3.33. The van der Waals surface area contributed by atoms with E-state index in [0.717, 1.165) is 15.7 Å². The molecular formula is C16H15Cl2FIN. The van der Waals surface area contributed by atoms with E-state index in [1.165, 1.54) is 6.07 Å². The lowest BCUT2D eigenvalue weighted by atomic mass is 9.98. The molecule has 5 heteroatoms. The predicted octanol–water partition coefficient (Wildman–Crippen LogP) is 5.63. The Morgan fingerprint density at radius 2 is 1.81 bits per heavy atom. The summed E-state index contributed by atoms with van der Waals surface area (Å²) in [7, 11) is 0. The first-order valence-electron chi connectivity index (χ1n) is 6.63. The first kappa shape index (κ1) is 17.0. The Morgan fingerprint density at radius 3 is 2.52 bits per heavy atom. The maximum absolute atomic E-state index is 14.0. The molecule has 0 aliphatic rings. The summed E-state index contributed by atoms with van der Waals surface area (Å²) in [4.78, 5) is 0. The van der Waals surface area contributed by atoms with Crippen molar-refractivity contribution >= 4 is 45.8 Å². The molecule has 0 saturated heterocycles. The Balaban J connectivity index is 2.35. The summed E-state index contributed by atoms with van der Waals surface area (Å²) >= 11 is 14.3. The lowest BCUT2D eigenvalue weighted by molar-refractivity contribution is 0.526. The first-order valence-corrected chi connectivity index (χ1v) is 8.47. The number of nitrogens with one attached hydrogen (secondary N) is 1. The van der Waals surface area contributed by atoms with Crippen LogP contribution in [0.15, 0.2) is 36.4 Å². The van der Waals surface area contributed by atoms with Crippen LogP contribution in [0.5, 0.6) is 0 Å². The molecule has 0 heterocycles. The normalized spacial score (nSPS) is 12.4. The van der Waals surface area contributed by atoms with Crippen molar-refractivity contribution in [1.29, 1.82) is 0 Å². The standard InChI is InChI=1S/C16H15Cl2FIN/c1-2-21-16(13-9-12(18)4-6-15(13)20)8-10-7-11(17)3-5-14(10)19/h3-7,9,16,21H,2,8H2,1H3. The second-order valence-electron chi connectivity index (χ2n) is 4.72. The van der Waals surface area contributed by atoms with E-state index in [-0.39, 0.29) is 11.9 Å². The van der Waals surface area contributed by atoms with Crippen molar-refractivity contribution in [1.82, 2.24) is 5.32 Å². The van der Waals surface area contributed by atoms with E-state index in [0.29, 0.717) is 22.0 Å². The third-order valence-electron chi connectivity index (χ3n) is 3.22. The molecule has 0 fully saturated rings. The number of halogens is 4. The predicted molar refractivity (Wildman–Crippen MR) is 95.7 cm³/mol. The van der Waals surface area contributed by atoms with Gasteiger partial charge in [0.05, 0.1) is 0 Å². The van der Waals surface area contributed by atoms with Crippen LogP contribution in [-0.2, 0) is 6.42 Å². The van der Waals surface area contributed by atoms with E-state index in [1.54, 1.807) is 12.1 Å². The summed E-state index contributed by atoms with van der Waals surface area (Å²) in [5.41, 5.74) is 1.67. The third-order valence-corrected chi connectivity index (χ3v) is 4.67. The van der Waals surface area contributed by atoms with Gasteiger partial charge in [-0.05, 0) is 83.1 Å². The summed E-state index contributed by atoms with van der Waals surface area (Å²) in [6, 6.07) is 10.4. The molecule has 1 unspecified atom stereocenters. The highest BCUT2D eigenvalue weighted by atomic mass is 127. The summed E-state index contributed by atoms with van der Waals surface area (Å²) < 4.78 is 15.1. The number of likely N-dealkylation sites (N-methyl/N-ethyl adjacent to an activating group) is 1. The zero-order chi connectivity index (χ0) is 15.4. The van der Waals surface area contributed by atoms with Gasteiger partial charge in [-0.2, -0.15) is 0 Å². The molecule has 112 valence electrons. The topological polar surface area (TPSA) is 12.0 Å². The molecule has 1 N–H and O–H groups in total. The molecule has 21 heavy (non-hydrogen) atoms. The van der Waals surface area contributed by atoms with Crippen LogP contribution in [-0.4, -0.2) is 6.54 Å². The number of hydrogen-bond donors (Lipinski definition) is 1. The van der Waals surface area contributed by atoms with Gasteiger partial charge in [0, 0.05) is 19.7 Å². The van der Waals surface area contributed by atoms with E-state index < -0.39 is 0 Å². The highest BCUT2D eigenvalue weighted by Gasteiger charge is 2.17. The van der Waals surface area contributed by atoms with Gasteiger partial charge >= 0.3 is 0 Å². The molecule has 0 saturated carbocycles. The van der Waals surface area contributed by atoms with Crippen molar-refractivity contribution in [2.45, 2.75) is 19.4 Å². The van der Waals surface area contributed by atoms with Gasteiger partial charge in [0.15, 0.2) is 0 Å². The fraction of sp³-hybridized carbons (Fsp3) is 0.250. The molecule has 0 aliphatic heterocycles. The van der Waals surface area contributed by atoms with Crippen molar-refractivity contribution in [3.8, 4) is 0 Å². The van der Waals surface area contributed by atoms with Crippen molar-refractivity contribution in [3.63, 3.8) is 0 Å². The third kappa shape index (κ3) is 4.55. The molecule has 2 aromatic rings. The monoisotopic (exact) mass is 437 g/mol. The van der Waals surface area contributed by atoms with Crippen LogP contribution in [0.3, 0.4) is 0 Å². The maximum Gasteiger partial charge on any atom is 0.126 e. The van der Waals surface area contributed by atoms with Crippen LogP contribution in [0.2, 0.25) is 10.0 Å². The Hall–Kier alpha value is -0.360. The van der Waals surface area contributed by atoms with Crippen LogP contribution in [0.4, 0.5) is 4.39 Å². The SMILES string of the molecule is CCNC(Cc1cc(Cl)ccc1F)c1cc(Cl)ccc1I. The van der Waals surface area contributed by atoms with Crippen molar-refractivity contribution in [2.75, 3.05) is 6.54 Å². The van der Waals surface area contributed by atoms with Gasteiger partial charge in [0.1, 0.15) is 5.82 Å². The van der Waals surface area contributed by atoms with E-state index in [9.17, 15) is 4.39 Å². The van der Waals surface area contributed by atoms with Gasteiger partial charge in [-0.1, -0.05) is 30.1 Å². The molecular weight excluding hydrogens is 423 g/mol. The Morgan fingerprint density at radius 1 is 1.14 bits per heavy atom. The van der Waals surface area contributed by atoms with Crippen molar-refractivity contribution in [2.24, 2.45) is 0 Å². The minimum absolute atomic E-state index is 0.00596. The Kier molecular flexibility index (Phi) is 6.29. The summed E-state index contributed by atoms with van der Waals surface area (Å²) in [5, 5.41) is 4.61. The number of benzene rings is 2.